The summed E-state index contributed by atoms with van der Waals surface area (Å²) in [5.74, 6) is -1.29. The van der Waals surface area contributed by atoms with Crippen LogP contribution in [-0.4, -0.2) is 55.9 Å². The topological polar surface area (TPSA) is 151 Å². The monoisotopic (exact) mass is 591 g/mol. The summed E-state index contributed by atoms with van der Waals surface area (Å²) >= 11 is 0. The van der Waals surface area contributed by atoms with E-state index < -0.39 is 16.8 Å². The van der Waals surface area contributed by atoms with Crippen molar-refractivity contribution in [2.45, 2.75) is 116 Å². The van der Waals surface area contributed by atoms with Crippen LogP contribution in [0.3, 0.4) is 0 Å². The van der Waals surface area contributed by atoms with E-state index in [0.29, 0.717) is 13.0 Å². The van der Waals surface area contributed by atoms with E-state index in [-0.39, 0.29) is 41.9 Å². The summed E-state index contributed by atoms with van der Waals surface area (Å²) in [6.45, 7) is 28.6. The van der Waals surface area contributed by atoms with Crippen molar-refractivity contribution in [1.29, 1.82) is 0 Å². The lowest BCUT2D eigenvalue weighted by molar-refractivity contribution is -0.292. The van der Waals surface area contributed by atoms with E-state index in [1.807, 2.05) is 76.2 Å². The average molecular weight is 592 g/mol. The van der Waals surface area contributed by atoms with Crippen LogP contribution in [-0.2, 0) is 38.4 Å². The molecule has 244 valence electrons. The minimum atomic E-state index is -0.722. The van der Waals surface area contributed by atoms with E-state index >= 15 is 0 Å². The summed E-state index contributed by atoms with van der Waals surface area (Å²) in [6.07, 6.45) is 3.06. The van der Waals surface area contributed by atoms with Crippen LogP contribution < -0.4 is 5.73 Å². The molecule has 0 heterocycles. The summed E-state index contributed by atoms with van der Waals surface area (Å²) in [7, 11) is 1.42. The summed E-state index contributed by atoms with van der Waals surface area (Å²) in [4.78, 5) is 52.7. The fraction of sp³-hybridized carbons (Fsp3) is 0.806. The normalized spacial score (nSPS) is 11.3. The number of carboxylic acids is 1. The first kappa shape index (κ1) is 45.5. The molecule has 0 aromatic heterocycles. The summed E-state index contributed by atoms with van der Waals surface area (Å²) in [6, 6.07) is 0. The van der Waals surface area contributed by atoms with E-state index in [4.69, 9.17) is 25.4 Å². The minimum Gasteiger partial charge on any atom is -0.481 e. The zero-order valence-electron chi connectivity index (χ0n) is 28.4. The molecule has 0 aliphatic rings. The molecule has 0 fully saturated rings. The van der Waals surface area contributed by atoms with Gasteiger partial charge in [0, 0.05) is 5.41 Å². The molecule has 0 aromatic carbocycles. The van der Waals surface area contributed by atoms with Gasteiger partial charge in [0.25, 0.3) is 0 Å². The van der Waals surface area contributed by atoms with Gasteiger partial charge in [-0.05, 0) is 74.1 Å². The molecule has 0 rings (SSSR count). The van der Waals surface area contributed by atoms with Crippen LogP contribution in [0.1, 0.15) is 116 Å². The number of carbonyl (C=O) groups excluding carboxylic acids is 3. The molecule has 0 aliphatic carbocycles. The molecule has 0 saturated carbocycles. The summed E-state index contributed by atoms with van der Waals surface area (Å²) < 4.78 is 9.61. The second-order valence-corrected chi connectivity index (χ2v) is 12.3. The molecule has 0 saturated heterocycles. The standard InChI is InChI=1S/C12H22O4.C7H14O2.C6H13NO.C6H12O2/c1-6-12(4,5)11(13)14-7-8-15-16-9-10(2)3;1-5-7(2,3)6(8)9-4;2*1-4-6(2,3)5(7)8/h2,6-9H2,1,3-5H3;5H2,1-4H3;4H2,1-3H3,(H2,7,8);4H2,1-3H3,(H,7,8). The lowest BCUT2D eigenvalue weighted by Gasteiger charge is -2.20. The van der Waals surface area contributed by atoms with Crippen LogP contribution in [0.5, 0.6) is 0 Å². The van der Waals surface area contributed by atoms with Crippen molar-refractivity contribution in [3.63, 3.8) is 0 Å². The van der Waals surface area contributed by atoms with Gasteiger partial charge < -0.3 is 20.3 Å². The van der Waals surface area contributed by atoms with Gasteiger partial charge in [-0.15, -0.1) is 0 Å². The Morgan fingerprint density at radius 1 is 0.683 bits per heavy atom. The molecule has 41 heavy (non-hydrogen) atoms. The maximum absolute atomic E-state index is 11.5. The Kier molecular flexibility index (Phi) is 24.6. The van der Waals surface area contributed by atoms with Gasteiger partial charge in [0.15, 0.2) is 0 Å². The number of primary amides is 1. The highest BCUT2D eigenvalue weighted by Crippen LogP contribution is 2.22. The van der Waals surface area contributed by atoms with Crippen molar-refractivity contribution in [2.75, 3.05) is 26.9 Å². The number of nitrogens with two attached hydrogens (primary N) is 1. The number of hydrogen-bond acceptors (Lipinski definition) is 8. The Morgan fingerprint density at radius 3 is 1.29 bits per heavy atom. The van der Waals surface area contributed by atoms with Crippen LogP contribution in [0.2, 0.25) is 0 Å². The zero-order chi connectivity index (χ0) is 33.7. The van der Waals surface area contributed by atoms with E-state index in [9.17, 15) is 19.2 Å². The number of hydrogen-bond donors (Lipinski definition) is 2. The highest BCUT2D eigenvalue weighted by molar-refractivity contribution is 5.79. The number of ether oxygens (including phenoxy) is 2. The molecule has 10 nitrogen and oxygen atoms in total. The van der Waals surface area contributed by atoms with Crippen molar-refractivity contribution < 1.29 is 43.5 Å². The van der Waals surface area contributed by atoms with Crippen molar-refractivity contribution in [1.82, 2.24) is 0 Å². The van der Waals surface area contributed by atoms with Crippen LogP contribution in [0.15, 0.2) is 12.2 Å². The molecule has 0 atom stereocenters. The van der Waals surface area contributed by atoms with Crippen LogP contribution in [0, 0.1) is 21.7 Å². The number of aliphatic carboxylic acids is 1. The Balaban J connectivity index is -0.000000236. The number of carboxylic acid groups (broad SMARTS) is 1. The van der Waals surface area contributed by atoms with Crippen LogP contribution in [0.4, 0.5) is 0 Å². The average Bonchev–Trinajstić information content (AvgIpc) is 2.90. The first-order valence-corrected chi connectivity index (χ1v) is 14.1. The van der Waals surface area contributed by atoms with Gasteiger partial charge in [0.2, 0.25) is 5.91 Å². The van der Waals surface area contributed by atoms with E-state index in [1.165, 1.54) is 7.11 Å². The highest BCUT2D eigenvalue weighted by Gasteiger charge is 2.27. The van der Waals surface area contributed by atoms with E-state index in [2.05, 4.69) is 11.3 Å². The molecule has 0 radical (unpaired) electrons. The van der Waals surface area contributed by atoms with Gasteiger partial charge in [-0.2, -0.15) is 0 Å². The number of rotatable bonds is 14. The van der Waals surface area contributed by atoms with E-state index in [0.717, 1.165) is 24.8 Å². The second-order valence-electron chi connectivity index (χ2n) is 12.3. The number of carbonyl (C=O) groups is 4. The Hall–Kier alpha value is -2.46. The molecule has 1 amide bonds. The fourth-order valence-corrected chi connectivity index (χ4v) is 1.46. The van der Waals surface area contributed by atoms with Crippen molar-refractivity contribution in [2.24, 2.45) is 27.4 Å². The van der Waals surface area contributed by atoms with Crippen molar-refractivity contribution in [3.05, 3.63) is 12.2 Å². The predicted octanol–water partition coefficient (Wildman–Crippen LogP) is 6.50. The zero-order valence-corrected chi connectivity index (χ0v) is 28.4. The van der Waals surface area contributed by atoms with Gasteiger partial charge >= 0.3 is 17.9 Å². The quantitative estimate of drug-likeness (QED) is 0.0758. The molecular formula is C31H61NO9. The largest absolute Gasteiger partial charge is 0.481 e. The highest BCUT2D eigenvalue weighted by atomic mass is 17.2. The molecule has 0 aliphatic heterocycles. The molecule has 0 spiro atoms. The fourth-order valence-electron chi connectivity index (χ4n) is 1.46. The summed E-state index contributed by atoms with van der Waals surface area (Å²) in [5.41, 5.74) is 4.32. The van der Waals surface area contributed by atoms with Crippen molar-refractivity contribution in [3.8, 4) is 0 Å². The van der Waals surface area contributed by atoms with Crippen LogP contribution >= 0.6 is 0 Å². The Morgan fingerprint density at radius 2 is 1.07 bits per heavy atom. The predicted molar refractivity (Wildman–Crippen MR) is 163 cm³/mol. The second kappa shape index (κ2) is 22.2. The lowest BCUT2D eigenvalue weighted by atomic mass is 9.90. The number of amides is 1. The lowest BCUT2D eigenvalue weighted by Crippen LogP contribution is -2.30. The third kappa shape index (κ3) is 23.9. The van der Waals surface area contributed by atoms with Gasteiger partial charge in [-0.3, -0.25) is 19.2 Å². The SMILES string of the molecule is C=C(C)COOCCOC(=O)C(C)(C)CC.CCC(C)(C)C(=O)O.CCC(C)(C)C(=O)OC.CCC(C)(C)C(N)=O. The third-order valence-corrected chi connectivity index (χ3v) is 6.86. The van der Waals surface area contributed by atoms with Crippen molar-refractivity contribution >= 4 is 23.8 Å². The number of esters is 2. The first-order valence-electron chi connectivity index (χ1n) is 14.1. The van der Waals surface area contributed by atoms with Crippen LogP contribution in [0.25, 0.3) is 0 Å². The molecular weight excluding hydrogens is 530 g/mol. The Bertz CT molecular complexity index is 758. The number of methoxy groups -OCH3 is 1. The maximum Gasteiger partial charge on any atom is 0.311 e. The first-order chi connectivity index (χ1) is 18.4. The smallest absolute Gasteiger partial charge is 0.311 e. The molecule has 10 heteroatoms. The van der Waals surface area contributed by atoms with Gasteiger partial charge in [-0.1, -0.05) is 53.7 Å². The summed E-state index contributed by atoms with van der Waals surface area (Å²) in [5, 5.41) is 8.44. The minimum absolute atomic E-state index is 0.134. The molecule has 0 unspecified atom stereocenters. The third-order valence-electron chi connectivity index (χ3n) is 6.86. The van der Waals surface area contributed by atoms with Gasteiger partial charge in [0.05, 0.1) is 23.4 Å². The van der Waals surface area contributed by atoms with Gasteiger partial charge in [0.1, 0.15) is 19.8 Å². The molecule has 3 N–H and O–H groups in total. The Labute approximate surface area is 249 Å². The molecule has 0 bridgehead atoms. The van der Waals surface area contributed by atoms with E-state index in [1.54, 1.807) is 13.8 Å². The molecule has 0 aromatic rings. The van der Waals surface area contributed by atoms with Gasteiger partial charge in [-0.25, -0.2) is 9.78 Å². The maximum atomic E-state index is 11.5.